The fourth-order valence-corrected chi connectivity index (χ4v) is 0. The molecule has 0 aliphatic heterocycles. The first-order chi connectivity index (χ1) is 2.64. The van der Waals surface area contributed by atoms with E-state index >= 15 is 0 Å². The molecule has 0 aromatic rings. The number of aliphatic carboxylic acids is 2. The largest absolute Gasteiger partial charge is 0 e. The zero-order valence-electron chi connectivity index (χ0n) is 3.71. The number of carbonyl (C=O) groups is 2. The van der Waals surface area contributed by atoms with Gasteiger partial charge in [0.1, 0.15) is 0 Å². The summed E-state index contributed by atoms with van der Waals surface area (Å²) in [6.07, 6.45) is 0. The van der Waals surface area contributed by atoms with Gasteiger partial charge in [-0.05, 0) is 0 Å². The van der Waals surface area contributed by atoms with Crippen LogP contribution in [0.25, 0.3) is 0 Å². The molecule has 0 spiro atoms. The second-order valence-electron chi connectivity index (χ2n) is 0.610. The Morgan fingerprint density at radius 1 is 1.00 bits per heavy atom. The van der Waals surface area contributed by atoms with Gasteiger partial charge in [-0.3, -0.25) is 0 Å². The minimum atomic E-state index is -1.82. The Kier molecular flexibility index (Phi) is 29.9. The maximum Gasteiger partial charge on any atom is 0 e. The standard InChI is InChI=1S/C2H2O4.K.H2O.Ti.H/c3-1(4)2(5)6;;;;/h(H,3,4)(H,5,6);;1H2;;. The van der Waals surface area contributed by atoms with Crippen LogP contribution in [0.2, 0.25) is 0 Å². The molecule has 0 aliphatic carbocycles. The van der Waals surface area contributed by atoms with Crippen LogP contribution in [-0.2, 0) is 31.3 Å². The second kappa shape index (κ2) is 12.0. The van der Waals surface area contributed by atoms with E-state index in [-0.39, 0.29) is 78.6 Å². The van der Waals surface area contributed by atoms with Crippen molar-refractivity contribution >= 4 is 63.3 Å². The summed E-state index contributed by atoms with van der Waals surface area (Å²) < 4.78 is 0. The van der Waals surface area contributed by atoms with E-state index in [0.29, 0.717) is 0 Å². The van der Waals surface area contributed by atoms with E-state index in [0.717, 1.165) is 0 Å². The zero-order chi connectivity index (χ0) is 5.15. The van der Waals surface area contributed by atoms with Crippen LogP contribution < -0.4 is 0 Å². The average Bonchev–Trinajstić information content (AvgIpc) is 1.36. The molecule has 0 fully saturated rings. The molecule has 0 bridgehead atoms. The van der Waals surface area contributed by atoms with Gasteiger partial charge in [0.25, 0.3) is 0 Å². The van der Waals surface area contributed by atoms with Crippen molar-refractivity contribution in [2.75, 3.05) is 0 Å². The summed E-state index contributed by atoms with van der Waals surface area (Å²) in [6.45, 7) is 0. The third-order valence-corrected chi connectivity index (χ3v) is 0.183. The van der Waals surface area contributed by atoms with Crippen LogP contribution in [0.3, 0.4) is 0 Å². The van der Waals surface area contributed by atoms with E-state index in [1.807, 2.05) is 0 Å². The molecule has 0 amide bonds. The molecule has 0 aliphatic rings. The predicted molar refractivity (Wildman–Crippen MR) is 26.0 cm³/mol. The summed E-state index contributed by atoms with van der Waals surface area (Å²) in [5.74, 6) is -3.65. The first kappa shape index (κ1) is 22.5. The fourth-order valence-electron chi connectivity index (χ4n) is 0. The molecule has 9 heavy (non-hydrogen) atoms. The monoisotopic (exact) mass is 196 g/mol. The van der Waals surface area contributed by atoms with Crippen molar-refractivity contribution in [1.82, 2.24) is 0 Å². The van der Waals surface area contributed by atoms with E-state index in [1.165, 1.54) is 0 Å². The first-order valence-electron chi connectivity index (χ1n) is 1.11. The topological polar surface area (TPSA) is 106 Å². The van der Waals surface area contributed by atoms with Crippen molar-refractivity contribution < 1.29 is 47.0 Å². The van der Waals surface area contributed by atoms with Crippen molar-refractivity contribution in [2.24, 2.45) is 0 Å². The summed E-state index contributed by atoms with van der Waals surface area (Å²) in [7, 11) is 0. The van der Waals surface area contributed by atoms with Gasteiger partial charge < -0.3 is 15.7 Å². The molecule has 0 aromatic carbocycles. The Balaban J connectivity index is -0.0000000417. The molecule has 7 heteroatoms. The molecular formula is C2H5KO5Ti. The van der Waals surface area contributed by atoms with Gasteiger partial charge >= 0.3 is 63.3 Å². The molecule has 48 valence electrons. The second-order valence-corrected chi connectivity index (χ2v) is 0.610. The Labute approximate surface area is 108 Å². The van der Waals surface area contributed by atoms with Gasteiger partial charge in [-0.15, -0.1) is 0 Å². The van der Waals surface area contributed by atoms with Gasteiger partial charge in [-0.2, -0.15) is 0 Å². The molecular weight excluding hydrogens is 191 g/mol. The molecule has 0 saturated heterocycles. The van der Waals surface area contributed by atoms with Crippen LogP contribution in [0, 0.1) is 0 Å². The molecule has 0 aromatic heterocycles. The SMILES string of the molecule is O.O=C(O)C(=O)O.[KH].[Ti]. The van der Waals surface area contributed by atoms with E-state index in [1.54, 1.807) is 0 Å². The number of carboxylic acids is 2. The number of hydrogen-bond donors (Lipinski definition) is 2. The number of carboxylic acid groups (broad SMARTS) is 2. The smallest absolute Gasteiger partial charge is 0 e. The van der Waals surface area contributed by atoms with Crippen LogP contribution >= 0.6 is 0 Å². The molecule has 0 radical (unpaired) electrons. The fraction of sp³-hybridized carbons (Fsp3) is 0. The van der Waals surface area contributed by atoms with Gasteiger partial charge in [0, 0.05) is 21.7 Å². The van der Waals surface area contributed by atoms with Crippen molar-refractivity contribution in [2.45, 2.75) is 0 Å². The summed E-state index contributed by atoms with van der Waals surface area (Å²) in [5.41, 5.74) is 0. The Morgan fingerprint density at radius 3 is 1.11 bits per heavy atom. The Hall–Kier alpha value is 1.25. The minimum absolute atomic E-state index is 0. The Morgan fingerprint density at radius 2 is 1.11 bits per heavy atom. The van der Waals surface area contributed by atoms with Gasteiger partial charge in [-0.1, -0.05) is 0 Å². The van der Waals surface area contributed by atoms with Gasteiger partial charge in [0.15, 0.2) is 0 Å². The van der Waals surface area contributed by atoms with Crippen molar-refractivity contribution in [3.8, 4) is 0 Å². The van der Waals surface area contributed by atoms with Crippen LogP contribution in [-0.4, -0.2) is 79.0 Å². The Bertz CT molecular complexity index is 81.0. The van der Waals surface area contributed by atoms with Crippen molar-refractivity contribution in [1.29, 1.82) is 0 Å². The van der Waals surface area contributed by atoms with E-state index < -0.39 is 11.9 Å². The van der Waals surface area contributed by atoms with Gasteiger partial charge in [-0.25, -0.2) is 9.59 Å². The van der Waals surface area contributed by atoms with E-state index in [9.17, 15) is 0 Å². The first-order valence-corrected chi connectivity index (χ1v) is 1.11. The molecule has 0 rings (SSSR count). The molecule has 4 N–H and O–H groups in total. The van der Waals surface area contributed by atoms with Gasteiger partial charge in [0.2, 0.25) is 0 Å². The van der Waals surface area contributed by atoms with Crippen LogP contribution in [0.4, 0.5) is 0 Å². The maximum atomic E-state index is 9.10. The molecule has 0 unspecified atom stereocenters. The van der Waals surface area contributed by atoms with Crippen LogP contribution in [0.5, 0.6) is 0 Å². The molecule has 0 saturated carbocycles. The minimum Gasteiger partial charge on any atom is 0 e. The average molecular weight is 196 g/mol. The van der Waals surface area contributed by atoms with Crippen molar-refractivity contribution in [3.05, 3.63) is 0 Å². The third-order valence-electron chi connectivity index (χ3n) is 0.183. The van der Waals surface area contributed by atoms with Crippen LogP contribution in [0.1, 0.15) is 0 Å². The van der Waals surface area contributed by atoms with Crippen molar-refractivity contribution in [3.63, 3.8) is 0 Å². The normalized spacial score (nSPS) is 4.89. The maximum absolute atomic E-state index is 9.10. The molecule has 0 atom stereocenters. The quantitative estimate of drug-likeness (QED) is 0.335. The predicted octanol–water partition coefficient (Wildman–Crippen LogP) is -2.32. The summed E-state index contributed by atoms with van der Waals surface area (Å²) >= 11 is 0. The molecule has 0 heterocycles. The number of rotatable bonds is 0. The third kappa shape index (κ3) is 17.6. The molecule has 5 nitrogen and oxygen atoms in total. The van der Waals surface area contributed by atoms with Crippen LogP contribution in [0.15, 0.2) is 0 Å². The van der Waals surface area contributed by atoms with E-state index in [2.05, 4.69) is 0 Å². The summed E-state index contributed by atoms with van der Waals surface area (Å²) in [5, 5.41) is 14.8. The van der Waals surface area contributed by atoms with E-state index in [4.69, 9.17) is 19.8 Å². The summed E-state index contributed by atoms with van der Waals surface area (Å²) in [4.78, 5) is 18.2. The summed E-state index contributed by atoms with van der Waals surface area (Å²) in [6, 6.07) is 0. The van der Waals surface area contributed by atoms with Gasteiger partial charge in [0.05, 0.1) is 0 Å². The zero-order valence-corrected chi connectivity index (χ0v) is 5.27. The number of hydrogen-bond acceptors (Lipinski definition) is 2.